The molecule has 0 radical (unpaired) electrons. The molecule has 0 atom stereocenters. The van der Waals surface area contributed by atoms with Gasteiger partial charge in [0.25, 0.3) is 11.8 Å². The molecule has 3 amide bonds. The number of halogens is 2. The number of thiazole rings is 1. The second-order valence-electron chi connectivity index (χ2n) is 9.97. The molecule has 5 rings (SSSR count). The lowest BCUT2D eigenvalue weighted by Gasteiger charge is -2.13. The lowest BCUT2D eigenvalue weighted by Crippen LogP contribution is -2.30. The van der Waals surface area contributed by atoms with Crippen molar-refractivity contribution in [3.8, 4) is 22.8 Å². The summed E-state index contributed by atoms with van der Waals surface area (Å²) in [7, 11) is 3.05. The fraction of sp³-hybridized carbons (Fsp3) is 0.0857. The molecule has 48 heavy (non-hydrogen) atoms. The maximum Gasteiger partial charge on any atom is 0.272 e. The molecule has 0 saturated carbocycles. The number of rotatable bonds is 12. The number of hydrogen-bond acceptors (Lipinski definition) is 8. The molecule has 13 heteroatoms. The van der Waals surface area contributed by atoms with E-state index in [1.807, 2.05) is 11.4 Å². The number of nitrogens with zero attached hydrogens (tertiary/aromatic N) is 1. The second-order valence-corrected chi connectivity index (χ2v) is 12.7. The smallest absolute Gasteiger partial charge is 0.272 e. The van der Waals surface area contributed by atoms with Gasteiger partial charge < -0.3 is 25.4 Å². The van der Waals surface area contributed by atoms with Gasteiger partial charge in [-0.3, -0.25) is 14.4 Å². The van der Waals surface area contributed by atoms with E-state index < -0.39 is 11.8 Å². The number of thioether (sulfide) groups is 1. The van der Waals surface area contributed by atoms with E-state index in [1.54, 1.807) is 91.0 Å². The highest BCUT2D eigenvalue weighted by Crippen LogP contribution is 2.31. The highest BCUT2D eigenvalue weighted by atomic mass is 35.5. The van der Waals surface area contributed by atoms with Crippen LogP contribution in [0.3, 0.4) is 0 Å². The molecule has 0 aliphatic heterocycles. The fourth-order valence-corrected chi connectivity index (χ4v) is 6.04. The average Bonchev–Trinajstić information content (AvgIpc) is 3.57. The maximum absolute atomic E-state index is 13.4. The molecule has 9 nitrogen and oxygen atoms in total. The predicted molar refractivity (Wildman–Crippen MR) is 193 cm³/mol. The van der Waals surface area contributed by atoms with Gasteiger partial charge in [0.1, 0.15) is 5.70 Å². The van der Waals surface area contributed by atoms with Crippen molar-refractivity contribution < 1.29 is 23.9 Å². The third-order valence-electron chi connectivity index (χ3n) is 6.70. The van der Waals surface area contributed by atoms with Gasteiger partial charge in [-0.1, -0.05) is 53.5 Å². The number of hydrogen-bond donors (Lipinski definition) is 3. The molecule has 0 fully saturated rings. The van der Waals surface area contributed by atoms with E-state index in [2.05, 4.69) is 20.9 Å². The van der Waals surface area contributed by atoms with Crippen molar-refractivity contribution in [2.24, 2.45) is 0 Å². The lowest BCUT2D eigenvalue weighted by molar-refractivity contribution is -0.114. The predicted octanol–water partition coefficient (Wildman–Crippen LogP) is 8.27. The van der Waals surface area contributed by atoms with E-state index in [0.29, 0.717) is 49.2 Å². The first-order valence-corrected chi connectivity index (χ1v) is 16.9. The van der Waals surface area contributed by atoms with Crippen molar-refractivity contribution in [3.63, 3.8) is 0 Å². The van der Waals surface area contributed by atoms with Crippen molar-refractivity contribution >= 4 is 80.9 Å². The summed E-state index contributed by atoms with van der Waals surface area (Å²) in [5, 5.41) is 11.5. The zero-order valence-electron chi connectivity index (χ0n) is 25.6. The molecule has 0 spiro atoms. The Kier molecular flexibility index (Phi) is 11.8. The minimum atomic E-state index is -0.530. The highest BCUT2D eigenvalue weighted by Gasteiger charge is 2.16. The number of carbonyl (C=O) groups excluding carboxylic acids is 3. The highest BCUT2D eigenvalue weighted by molar-refractivity contribution is 8.00. The standard InChI is InChI=1S/C35H28Cl2N4O5S2/c1-45-30-15-8-21(17-31(30)46-2)16-28(39-33(43)22-6-4-3-5-7-22)34(44)38-24-10-12-25(13-11-24)47-20-32(42)41-35-40-29(19-48-35)23-9-14-26(36)27(37)18-23/h3-19H,20H2,1-2H3,(H,38,44)(H,39,43)(H,40,41,42)/b28-16-. The second kappa shape index (κ2) is 16.3. The van der Waals surface area contributed by atoms with Crippen LogP contribution in [-0.4, -0.2) is 42.7 Å². The summed E-state index contributed by atoms with van der Waals surface area (Å²) >= 11 is 14.8. The van der Waals surface area contributed by atoms with Crippen LogP contribution in [-0.2, 0) is 9.59 Å². The van der Waals surface area contributed by atoms with Crippen LogP contribution in [0.4, 0.5) is 10.8 Å². The van der Waals surface area contributed by atoms with E-state index in [-0.39, 0.29) is 17.4 Å². The van der Waals surface area contributed by atoms with Crippen LogP contribution in [0, 0.1) is 0 Å². The van der Waals surface area contributed by atoms with Gasteiger partial charge in [0.05, 0.1) is 35.7 Å². The zero-order valence-corrected chi connectivity index (χ0v) is 28.7. The first kappa shape index (κ1) is 34.5. The van der Waals surface area contributed by atoms with E-state index in [0.717, 1.165) is 10.5 Å². The molecule has 5 aromatic rings. The first-order valence-electron chi connectivity index (χ1n) is 14.3. The van der Waals surface area contributed by atoms with Crippen molar-refractivity contribution in [2.45, 2.75) is 4.90 Å². The van der Waals surface area contributed by atoms with Crippen LogP contribution in [0.2, 0.25) is 10.0 Å². The third-order valence-corrected chi connectivity index (χ3v) is 9.20. The monoisotopic (exact) mass is 718 g/mol. The van der Waals surface area contributed by atoms with E-state index >= 15 is 0 Å². The lowest BCUT2D eigenvalue weighted by atomic mass is 10.1. The topological polar surface area (TPSA) is 119 Å². The van der Waals surface area contributed by atoms with E-state index in [4.69, 9.17) is 32.7 Å². The van der Waals surface area contributed by atoms with Crippen LogP contribution in [0.1, 0.15) is 15.9 Å². The Morgan fingerprint density at radius 2 is 1.60 bits per heavy atom. The van der Waals surface area contributed by atoms with Gasteiger partial charge in [0.15, 0.2) is 16.6 Å². The van der Waals surface area contributed by atoms with Crippen molar-refractivity contribution in [2.75, 3.05) is 30.6 Å². The number of amides is 3. The Labute approximate surface area is 295 Å². The summed E-state index contributed by atoms with van der Waals surface area (Å²) in [4.78, 5) is 44.3. The van der Waals surface area contributed by atoms with Gasteiger partial charge in [-0.25, -0.2) is 4.98 Å². The van der Waals surface area contributed by atoms with Crippen molar-refractivity contribution in [1.29, 1.82) is 0 Å². The summed E-state index contributed by atoms with van der Waals surface area (Å²) in [6.07, 6.45) is 1.55. The molecule has 0 bridgehead atoms. The summed E-state index contributed by atoms with van der Waals surface area (Å²) in [6, 6.07) is 26.0. The zero-order chi connectivity index (χ0) is 34.0. The van der Waals surface area contributed by atoms with Crippen LogP contribution in [0.15, 0.2) is 107 Å². The SMILES string of the molecule is COc1ccc(/C=C(\NC(=O)c2ccccc2)C(=O)Nc2ccc(SCC(=O)Nc3nc(-c4ccc(Cl)c(Cl)c4)cs3)cc2)cc1OC. The Bertz CT molecular complexity index is 1970. The molecule has 0 aliphatic carbocycles. The van der Waals surface area contributed by atoms with Crippen LogP contribution in [0.5, 0.6) is 11.5 Å². The molecule has 244 valence electrons. The number of methoxy groups -OCH3 is 2. The number of aromatic nitrogens is 1. The number of benzene rings is 4. The molecule has 1 heterocycles. The van der Waals surface area contributed by atoms with E-state index in [1.165, 1.54) is 37.3 Å². The first-order chi connectivity index (χ1) is 23.2. The summed E-state index contributed by atoms with van der Waals surface area (Å²) in [6.45, 7) is 0. The Morgan fingerprint density at radius 3 is 2.31 bits per heavy atom. The minimum absolute atomic E-state index is 0.0238. The van der Waals surface area contributed by atoms with Crippen LogP contribution < -0.4 is 25.4 Å². The normalized spacial score (nSPS) is 11.0. The molecule has 0 aliphatic rings. The quantitative estimate of drug-likeness (QED) is 0.0878. The largest absolute Gasteiger partial charge is 0.493 e. The Hall–Kier alpha value is -4.81. The van der Waals surface area contributed by atoms with Gasteiger partial charge in [-0.05, 0) is 72.3 Å². The molecule has 0 saturated heterocycles. The molecule has 1 aromatic heterocycles. The fourth-order valence-electron chi connectivity index (χ4n) is 4.31. The van der Waals surface area contributed by atoms with Gasteiger partial charge >= 0.3 is 0 Å². The average molecular weight is 720 g/mol. The Morgan fingerprint density at radius 1 is 0.854 bits per heavy atom. The van der Waals surface area contributed by atoms with Crippen LogP contribution in [0.25, 0.3) is 17.3 Å². The van der Waals surface area contributed by atoms with Crippen molar-refractivity contribution in [1.82, 2.24) is 10.3 Å². The number of ether oxygens (including phenoxy) is 2. The van der Waals surface area contributed by atoms with Gasteiger partial charge in [0, 0.05) is 27.1 Å². The number of carbonyl (C=O) groups is 3. The van der Waals surface area contributed by atoms with Crippen LogP contribution >= 0.6 is 46.3 Å². The molecule has 0 unspecified atom stereocenters. The third kappa shape index (κ3) is 9.17. The van der Waals surface area contributed by atoms with Gasteiger partial charge in [-0.15, -0.1) is 23.1 Å². The minimum Gasteiger partial charge on any atom is -0.493 e. The molecular weight excluding hydrogens is 691 g/mol. The van der Waals surface area contributed by atoms with E-state index in [9.17, 15) is 14.4 Å². The van der Waals surface area contributed by atoms with Crippen molar-refractivity contribution in [3.05, 3.63) is 123 Å². The Balaban J connectivity index is 1.21. The summed E-state index contributed by atoms with van der Waals surface area (Å²) < 4.78 is 10.7. The van der Waals surface area contributed by atoms with Gasteiger partial charge in [0.2, 0.25) is 5.91 Å². The molecular formula is C35H28Cl2N4O5S2. The number of anilines is 2. The molecule has 4 aromatic carbocycles. The number of nitrogens with one attached hydrogen (secondary N) is 3. The summed E-state index contributed by atoms with van der Waals surface area (Å²) in [5.74, 6) is -0.0321. The summed E-state index contributed by atoms with van der Waals surface area (Å²) in [5.41, 5.74) is 3.01. The van der Waals surface area contributed by atoms with Gasteiger partial charge in [-0.2, -0.15) is 0 Å². The maximum atomic E-state index is 13.4. The molecule has 3 N–H and O–H groups in total.